The number of carbonyl (C=O) groups is 2. The van der Waals surface area contributed by atoms with Crippen molar-refractivity contribution in [2.45, 2.75) is 367 Å². The third kappa shape index (κ3) is 65.9. The monoisotopic (exact) mass is 1090 g/mol. The quantitative estimate of drug-likeness (QED) is 0.0373. The van der Waals surface area contributed by atoms with Crippen molar-refractivity contribution in [1.82, 2.24) is 0 Å². The van der Waals surface area contributed by atoms with Crippen LogP contribution in [0.15, 0.2) is 72.9 Å². The van der Waals surface area contributed by atoms with Gasteiger partial charge in [0.2, 0.25) is 0 Å². The minimum Gasteiger partial charge on any atom is -0.462 e. The Morgan fingerprint density at radius 1 is 0.308 bits per heavy atom. The predicted molar refractivity (Wildman–Crippen MR) is 343 cm³/mol. The summed E-state index contributed by atoms with van der Waals surface area (Å²) in [5.41, 5.74) is 0. The number of hydrogen-bond donors (Lipinski definition) is 1. The number of allylic oxidation sites excluding steroid dienone is 12. The van der Waals surface area contributed by atoms with Gasteiger partial charge in [0, 0.05) is 12.8 Å². The van der Waals surface area contributed by atoms with Gasteiger partial charge in [-0.2, -0.15) is 0 Å². The van der Waals surface area contributed by atoms with Gasteiger partial charge in [-0.25, -0.2) is 0 Å². The van der Waals surface area contributed by atoms with Crippen LogP contribution in [0.2, 0.25) is 0 Å². The van der Waals surface area contributed by atoms with Crippen molar-refractivity contribution in [3.63, 3.8) is 0 Å². The number of unbranched alkanes of at least 4 members (excludes halogenated alkanes) is 44. The molecule has 0 aromatic heterocycles. The van der Waals surface area contributed by atoms with E-state index in [0.717, 1.165) is 70.6 Å². The van der Waals surface area contributed by atoms with Crippen LogP contribution in [0.1, 0.15) is 361 Å². The summed E-state index contributed by atoms with van der Waals surface area (Å²) in [6, 6.07) is 0. The van der Waals surface area contributed by atoms with Crippen LogP contribution in [0.3, 0.4) is 0 Å². The Hall–Kier alpha value is -2.66. The van der Waals surface area contributed by atoms with Gasteiger partial charge in [-0.3, -0.25) is 9.59 Å². The minimum atomic E-state index is -0.773. The van der Waals surface area contributed by atoms with E-state index in [1.165, 1.54) is 263 Å². The van der Waals surface area contributed by atoms with Crippen molar-refractivity contribution >= 4 is 11.9 Å². The Morgan fingerprint density at radius 2 is 0.551 bits per heavy atom. The number of aliphatic hydroxyl groups excluding tert-OH is 1. The molecule has 0 amide bonds. The Labute approximate surface area is 486 Å². The van der Waals surface area contributed by atoms with Gasteiger partial charge in [0.1, 0.15) is 6.61 Å². The Bertz CT molecular complexity index is 1370. The summed E-state index contributed by atoms with van der Waals surface area (Å²) in [5.74, 6) is -0.571. The molecule has 0 spiro atoms. The number of ether oxygens (including phenoxy) is 2. The Balaban J connectivity index is 3.41. The maximum atomic E-state index is 12.4. The molecule has 78 heavy (non-hydrogen) atoms. The molecule has 454 valence electrons. The van der Waals surface area contributed by atoms with Gasteiger partial charge in [0.25, 0.3) is 0 Å². The average molecular weight is 1090 g/mol. The van der Waals surface area contributed by atoms with Gasteiger partial charge in [0.05, 0.1) is 6.61 Å². The van der Waals surface area contributed by atoms with Crippen LogP contribution >= 0.6 is 0 Å². The van der Waals surface area contributed by atoms with Gasteiger partial charge in [0.15, 0.2) is 6.10 Å². The number of aliphatic hydroxyl groups is 1. The second-order valence-electron chi connectivity index (χ2n) is 23.2. The van der Waals surface area contributed by atoms with E-state index in [2.05, 4.69) is 86.8 Å². The molecule has 5 heteroatoms. The highest BCUT2D eigenvalue weighted by Crippen LogP contribution is 2.18. The molecular weight excluding hydrogens is 957 g/mol. The molecule has 0 fully saturated rings. The lowest BCUT2D eigenvalue weighted by molar-refractivity contribution is -0.161. The first-order valence-corrected chi connectivity index (χ1v) is 34.5. The highest BCUT2D eigenvalue weighted by molar-refractivity contribution is 5.70. The molecule has 0 saturated heterocycles. The van der Waals surface area contributed by atoms with E-state index in [1.807, 2.05) is 0 Å². The lowest BCUT2D eigenvalue weighted by atomic mass is 10.0. The van der Waals surface area contributed by atoms with Gasteiger partial charge in [-0.05, 0) is 83.5 Å². The molecule has 0 aromatic carbocycles. The maximum Gasteiger partial charge on any atom is 0.306 e. The molecule has 1 unspecified atom stereocenters. The number of rotatable bonds is 64. The molecule has 5 nitrogen and oxygen atoms in total. The Kier molecular flexibility index (Phi) is 66.3. The van der Waals surface area contributed by atoms with Crippen LogP contribution in [-0.2, 0) is 19.1 Å². The second-order valence-corrected chi connectivity index (χ2v) is 23.2. The molecule has 0 saturated carbocycles. The fourth-order valence-corrected chi connectivity index (χ4v) is 10.3. The topological polar surface area (TPSA) is 72.8 Å². The zero-order valence-corrected chi connectivity index (χ0v) is 52.2. The molecule has 0 aliphatic rings. The SMILES string of the molecule is CC/C=C\C/C=C\C/C=C\C/C=C\CCCCCCCCCCCCCCCCCCCCCCCCC(=O)OC(CO)COC(=O)CCCCCCCCCCCCCCCCCCC/C=C\C/C=C\CCCCCCC. The summed E-state index contributed by atoms with van der Waals surface area (Å²) < 4.78 is 10.8. The summed E-state index contributed by atoms with van der Waals surface area (Å²) in [6.45, 7) is 4.07. The fraction of sp³-hybridized carbons (Fsp3) is 0.808. The summed E-state index contributed by atoms with van der Waals surface area (Å²) in [4.78, 5) is 24.6. The summed E-state index contributed by atoms with van der Waals surface area (Å²) in [5, 5.41) is 9.70. The zero-order valence-electron chi connectivity index (χ0n) is 52.2. The van der Waals surface area contributed by atoms with Crippen LogP contribution in [0.5, 0.6) is 0 Å². The van der Waals surface area contributed by atoms with Crippen molar-refractivity contribution in [3.8, 4) is 0 Å². The van der Waals surface area contributed by atoms with Gasteiger partial charge >= 0.3 is 11.9 Å². The van der Waals surface area contributed by atoms with Crippen LogP contribution in [0.4, 0.5) is 0 Å². The lowest BCUT2D eigenvalue weighted by Crippen LogP contribution is -2.28. The molecule has 0 heterocycles. The van der Waals surface area contributed by atoms with Gasteiger partial charge in [-0.15, -0.1) is 0 Å². The second kappa shape index (κ2) is 68.6. The third-order valence-electron chi connectivity index (χ3n) is 15.5. The van der Waals surface area contributed by atoms with Crippen molar-refractivity contribution in [3.05, 3.63) is 72.9 Å². The summed E-state index contributed by atoms with van der Waals surface area (Å²) in [6.07, 6.45) is 95.1. The number of esters is 2. The summed E-state index contributed by atoms with van der Waals surface area (Å²) >= 11 is 0. The highest BCUT2D eigenvalue weighted by Gasteiger charge is 2.16. The van der Waals surface area contributed by atoms with E-state index in [9.17, 15) is 14.7 Å². The number of carbonyl (C=O) groups excluding carboxylic acids is 2. The van der Waals surface area contributed by atoms with E-state index in [-0.39, 0.29) is 25.2 Å². The molecule has 0 aliphatic heterocycles. The van der Waals surface area contributed by atoms with Crippen molar-refractivity contribution in [1.29, 1.82) is 0 Å². The standard InChI is InChI=1S/C73H132O5/c1-3-5-7-9-11-13-15-17-19-21-23-25-27-29-31-33-34-35-36-37-38-40-42-44-46-48-50-52-54-56-58-60-62-64-66-68-73(76)78-71(69-74)70-77-72(75)67-65-63-61-59-57-55-53-51-49-47-45-43-41-39-32-30-28-26-24-22-20-18-16-14-12-10-8-6-4-2/h5,7,11,13,16-19,22-25,71,74H,3-4,6,8-10,12,14-15,20-21,26-70H2,1-2H3/b7-5-,13-11-,18-16-,19-17-,24-22-,25-23-. The number of hydrogen-bond acceptors (Lipinski definition) is 5. The van der Waals surface area contributed by atoms with Crippen LogP contribution in [0, 0.1) is 0 Å². The Morgan fingerprint density at radius 3 is 0.833 bits per heavy atom. The molecule has 0 aromatic rings. The molecule has 1 N–H and O–H groups in total. The first-order chi connectivity index (χ1) is 38.6. The third-order valence-corrected chi connectivity index (χ3v) is 15.5. The first kappa shape index (κ1) is 75.3. The minimum absolute atomic E-state index is 0.0620. The molecule has 0 bridgehead atoms. The largest absolute Gasteiger partial charge is 0.462 e. The normalized spacial score (nSPS) is 12.6. The van der Waals surface area contributed by atoms with E-state index >= 15 is 0 Å². The molecule has 1 atom stereocenters. The van der Waals surface area contributed by atoms with Gasteiger partial charge in [-0.1, -0.05) is 337 Å². The smallest absolute Gasteiger partial charge is 0.306 e. The maximum absolute atomic E-state index is 12.4. The molecular formula is C73H132O5. The lowest BCUT2D eigenvalue weighted by Gasteiger charge is -2.15. The van der Waals surface area contributed by atoms with Crippen molar-refractivity contribution in [2.75, 3.05) is 13.2 Å². The molecule has 0 radical (unpaired) electrons. The van der Waals surface area contributed by atoms with E-state index < -0.39 is 6.10 Å². The molecule has 0 aliphatic carbocycles. The van der Waals surface area contributed by atoms with Crippen LogP contribution in [0.25, 0.3) is 0 Å². The van der Waals surface area contributed by atoms with Crippen LogP contribution in [-0.4, -0.2) is 36.4 Å². The van der Waals surface area contributed by atoms with E-state index in [0.29, 0.717) is 12.8 Å². The van der Waals surface area contributed by atoms with E-state index in [1.54, 1.807) is 0 Å². The van der Waals surface area contributed by atoms with Gasteiger partial charge < -0.3 is 14.6 Å². The average Bonchev–Trinajstić information content (AvgIpc) is 3.44. The van der Waals surface area contributed by atoms with E-state index in [4.69, 9.17) is 9.47 Å². The first-order valence-electron chi connectivity index (χ1n) is 34.5. The van der Waals surface area contributed by atoms with Crippen molar-refractivity contribution < 1.29 is 24.2 Å². The zero-order chi connectivity index (χ0) is 56.2. The van der Waals surface area contributed by atoms with Crippen molar-refractivity contribution in [2.24, 2.45) is 0 Å². The highest BCUT2D eigenvalue weighted by atomic mass is 16.6. The molecule has 0 rings (SSSR count). The summed E-state index contributed by atoms with van der Waals surface area (Å²) in [7, 11) is 0. The predicted octanol–water partition coefficient (Wildman–Crippen LogP) is 23.9. The van der Waals surface area contributed by atoms with Crippen LogP contribution < -0.4 is 0 Å². The fourth-order valence-electron chi connectivity index (χ4n) is 10.3.